The lowest BCUT2D eigenvalue weighted by Gasteiger charge is -2.18. The molecule has 0 aliphatic heterocycles. The van der Waals surface area contributed by atoms with E-state index in [2.05, 4.69) is 5.32 Å². The summed E-state index contributed by atoms with van der Waals surface area (Å²) < 4.78 is 10.6. The number of benzene rings is 2. The highest BCUT2D eigenvalue weighted by atomic mass is 35.5. The number of ether oxygens (including phenoxy) is 2. The first-order valence-electron chi connectivity index (χ1n) is 7.03. The van der Waals surface area contributed by atoms with Gasteiger partial charge in [-0.15, -0.1) is 0 Å². The van der Waals surface area contributed by atoms with E-state index in [4.69, 9.17) is 21.1 Å². The molecule has 5 nitrogen and oxygen atoms in total. The number of nitrogens with zero attached hydrogens (tertiary/aromatic N) is 1. The van der Waals surface area contributed by atoms with Crippen LogP contribution in [-0.2, 0) is 4.79 Å². The average molecular weight is 335 g/mol. The number of hydrogen-bond acceptors (Lipinski definition) is 4. The normalized spacial score (nSPS) is 10.1. The minimum Gasteiger partial charge on any atom is -0.497 e. The second kappa shape index (κ2) is 7.74. The zero-order valence-electron chi connectivity index (χ0n) is 13.3. The molecular weight excluding hydrogens is 316 g/mol. The first kappa shape index (κ1) is 17.0. The summed E-state index contributed by atoms with van der Waals surface area (Å²) in [5.74, 6) is 0.976. The Morgan fingerprint density at radius 2 is 1.91 bits per heavy atom. The molecular formula is C17H19ClN2O3. The van der Waals surface area contributed by atoms with Gasteiger partial charge in [0.05, 0.1) is 18.5 Å². The van der Waals surface area contributed by atoms with E-state index in [-0.39, 0.29) is 12.5 Å². The summed E-state index contributed by atoms with van der Waals surface area (Å²) >= 11 is 6.00. The molecule has 0 radical (unpaired) electrons. The van der Waals surface area contributed by atoms with E-state index in [1.165, 1.54) is 0 Å². The number of rotatable bonds is 6. The van der Waals surface area contributed by atoms with Gasteiger partial charge >= 0.3 is 0 Å². The van der Waals surface area contributed by atoms with Crippen LogP contribution in [0.1, 0.15) is 0 Å². The van der Waals surface area contributed by atoms with Crippen molar-refractivity contribution >= 4 is 28.9 Å². The van der Waals surface area contributed by atoms with Gasteiger partial charge in [0.15, 0.2) is 6.61 Å². The van der Waals surface area contributed by atoms with Gasteiger partial charge in [0, 0.05) is 25.2 Å². The molecule has 0 spiro atoms. The second-order valence-corrected chi connectivity index (χ2v) is 5.51. The van der Waals surface area contributed by atoms with Crippen molar-refractivity contribution in [3.8, 4) is 11.5 Å². The number of amides is 1. The molecule has 1 amide bonds. The summed E-state index contributed by atoms with van der Waals surface area (Å²) in [5, 5.41) is 3.37. The Labute approximate surface area is 140 Å². The van der Waals surface area contributed by atoms with Crippen molar-refractivity contribution in [2.45, 2.75) is 0 Å². The fourth-order valence-electron chi connectivity index (χ4n) is 2.02. The fraction of sp³-hybridized carbons (Fsp3) is 0.235. The van der Waals surface area contributed by atoms with Gasteiger partial charge in [-0.1, -0.05) is 17.7 Å². The SMILES string of the molecule is COc1cccc(OCC(=O)Nc2cc(Cl)ccc2N(C)C)c1. The molecule has 6 heteroatoms. The third-order valence-corrected chi connectivity index (χ3v) is 3.36. The Morgan fingerprint density at radius 3 is 2.61 bits per heavy atom. The Kier molecular flexibility index (Phi) is 5.71. The van der Waals surface area contributed by atoms with Crippen molar-refractivity contribution < 1.29 is 14.3 Å². The zero-order valence-corrected chi connectivity index (χ0v) is 14.1. The first-order chi connectivity index (χ1) is 11.0. The van der Waals surface area contributed by atoms with Gasteiger partial charge in [0.25, 0.3) is 5.91 Å². The van der Waals surface area contributed by atoms with Crippen molar-refractivity contribution in [3.05, 3.63) is 47.5 Å². The van der Waals surface area contributed by atoms with Gasteiger partial charge in [-0.2, -0.15) is 0 Å². The highest BCUT2D eigenvalue weighted by Crippen LogP contribution is 2.27. The van der Waals surface area contributed by atoms with Gasteiger partial charge in [-0.3, -0.25) is 4.79 Å². The van der Waals surface area contributed by atoms with Crippen LogP contribution in [0.3, 0.4) is 0 Å². The van der Waals surface area contributed by atoms with Crippen LogP contribution >= 0.6 is 11.6 Å². The molecule has 0 fully saturated rings. The third kappa shape index (κ3) is 4.79. The molecule has 23 heavy (non-hydrogen) atoms. The monoisotopic (exact) mass is 334 g/mol. The fourth-order valence-corrected chi connectivity index (χ4v) is 2.20. The number of carbonyl (C=O) groups is 1. The Balaban J connectivity index is 2.01. The Hall–Kier alpha value is -2.40. The molecule has 0 unspecified atom stereocenters. The number of halogens is 1. The quantitative estimate of drug-likeness (QED) is 0.879. The van der Waals surface area contributed by atoms with Crippen molar-refractivity contribution in [2.24, 2.45) is 0 Å². The van der Waals surface area contributed by atoms with Crippen molar-refractivity contribution in [3.63, 3.8) is 0 Å². The number of carbonyl (C=O) groups excluding carboxylic acids is 1. The molecule has 0 aliphatic carbocycles. The molecule has 0 saturated heterocycles. The average Bonchev–Trinajstić information content (AvgIpc) is 2.53. The topological polar surface area (TPSA) is 50.8 Å². The highest BCUT2D eigenvalue weighted by Gasteiger charge is 2.10. The summed E-state index contributed by atoms with van der Waals surface area (Å²) in [4.78, 5) is 14.0. The van der Waals surface area contributed by atoms with E-state index in [0.29, 0.717) is 22.2 Å². The van der Waals surface area contributed by atoms with Crippen LogP contribution in [0.15, 0.2) is 42.5 Å². The molecule has 0 heterocycles. The predicted molar refractivity (Wildman–Crippen MR) is 92.9 cm³/mol. The Bertz CT molecular complexity index is 689. The zero-order chi connectivity index (χ0) is 16.8. The summed E-state index contributed by atoms with van der Waals surface area (Å²) in [7, 11) is 5.37. The lowest BCUT2D eigenvalue weighted by atomic mass is 10.2. The van der Waals surface area contributed by atoms with E-state index in [9.17, 15) is 4.79 Å². The molecule has 0 aromatic heterocycles. The molecule has 0 bridgehead atoms. The number of hydrogen-bond donors (Lipinski definition) is 1. The van der Waals surface area contributed by atoms with Crippen LogP contribution in [0.2, 0.25) is 5.02 Å². The third-order valence-electron chi connectivity index (χ3n) is 3.13. The maximum absolute atomic E-state index is 12.1. The van der Waals surface area contributed by atoms with Gasteiger partial charge in [0.2, 0.25) is 0 Å². The van der Waals surface area contributed by atoms with E-state index in [0.717, 1.165) is 5.69 Å². The van der Waals surface area contributed by atoms with Crippen LogP contribution in [0.5, 0.6) is 11.5 Å². The van der Waals surface area contributed by atoms with Gasteiger partial charge in [-0.05, 0) is 30.3 Å². The summed E-state index contributed by atoms with van der Waals surface area (Å²) in [5.41, 5.74) is 1.51. The maximum Gasteiger partial charge on any atom is 0.262 e. The van der Waals surface area contributed by atoms with Gasteiger partial charge < -0.3 is 19.7 Å². The maximum atomic E-state index is 12.1. The van der Waals surface area contributed by atoms with E-state index in [1.54, 1.807) is 37.4 Å². The van der Waals surface area contributed by atoms with Gasteiger partial charge in [0.1, 0.15) is 11.5 Å². The minimum absolute atomic E-state index is 0.105. The van der Waals surface area contributed by atoms with Crippen LogP contribution in [-0.4, -0.2) is 33.7 Å². The lowest BCUT2D eigenvalue weighted by Crippen LogP contribution is -2.22. The molecule has 2 rings (SSSR count). The number of nitrogens with one attached hydrogen (secondary N) is 1. The largest absolute Gasteiger partial charge is 0.497 e. The van der Waals surface area contributed by atoms with Crippen LogP contribution in [0, 0.1) is 0 Å². The van der Waals surface area contributed by atoms with Crippen LogP contribution < -0.4 is 19.7 Å². The lowest BCUT2D eigenvalue weighted by molar-refractivity contribution is -0.118. The van der Waals surface area contributed by atoms with Crippen LogP contribution in [0.25, 0.3) is 0 Å². The first-order valence-corrected chi connectivity index (χ1v) is 7.41. The molecule has 0 aliphatic rings. The van der Waals surface area contributed by atoms with E-state index in [1.807, 2.05) is 31.1 Å². The molecule has 1 N–H and O–H groups in total. The van der Waals surface area contributed by atoms with Crippen LogP contribution in [0.4, 0.5) is 11.4 Å². The molecule has 2 aromatic carbocycles. The second-order valence-electron chi connectivity index (χ2n) is 5.07. The number of methoxy groups -OCH3 is 1. The predicted octanol–water partition coefficient (Wildman–Crippen LogP) is 3.43. The van der Waals surface area contributed by atoms with Gasteiger partial charge in [-0.25, -0.2) is 0 Å². The molecule has 0 atom stereocenters. The molecule has 122 valence electrons. The molecule has 2 aromatic rings. The number of anilines is 2. The summed E-state index contributed by atoms with van der Waals surface area (Å²) in [6.07, 6.45) is 0. The summed E-state index contributed by atoms with van der Waals surface area (Å²) in [6, 6.07) is 12.4. The van der Waals surface area contributed by atoms with Crippen molar-refractivity contribution in [1.29, 1.82) is 0 Å². The van der Waals surface area contributed by atoms with E-state index < -0.39 is 0 Å². The summed E-state index contributed by atoms with van der Waals surface area (Å²) in [6.45, 7) is -0.105. The smallest absolute Gasteiger partial charge is 0.262 e. The minimum atomic E-state index is -0.266. The highest BCUT2D eigenvalue weighted by molar-refractivity contribution is 6.31. The van der Waals surface area contributed by atoms with Crippen molar-refractivity contribution in [2.75, 3.05) is 38.0 Å². The van der Waals surface area contributed by atoms with Crippen molar-refractivity contribution in [1.82, 2.24) is 0 Å². The van der Waals surface area contributed by atoms with E-state index >= 15 is 0 Å². The standard InChI is InChI=1S/C17H19ClN2O3/c1-20(2)16-8-7-12(18)9-15(16)19-17(21)11-23-14-6-4-5-13(10-14)22-3/h4-10H,11H2,1-3H3,(H,19,21). The molecule has 0 saturated carbocycles. The Morgan fingerprint density at radius 1 is 1.17 bits per heavy atom.